The maximum Gasteiger partial charge on any atom is 0.272 e. The highest BCUT2D eigenvalue weighted by Gasteiger charge is 2.25. The standard InChI is InChI=1S/C20H24N4O3/c1-2-24-17(7-8-21-24)20(26)23-11-12-27-18-6-5-15(13-16(18)14-23)19(25)22-9-3-4-10-22/h5-8,13H,2-4,9-12,14H2,1H3. The number of fused-ring (bicyclic) bond motifs is 1. The van der Waals surface area contributed by atoms with E-state index in [1.165, 1.54) is 0 Å². The molecule has 2 aliphatic rings. The molecule has 1 fully saturated rings. The van der Waals surface area contributed by atoms with Crippen LogP contribution >= 0.6 is 0 Å². The molecule has 0 unspecified atom stereocenters. The number of carbonyl (C=O) groups excluding carboxylic acids is 2. The lowest BCUT2D eigenvalue weighted by Gasteiger charge is -2.20. The van der Waals surface area contributed by atoms with E-state index in [0.717, 1.165) is 37.2 Å². The third-order valence-electron chi connectivity index (χ3n) is 5.20. The third-order valence-corrected chi connectivity index (χ3v) is 5.20. The largest absolute Gasteiger partial charge is 0.491 e. The van der Waals surface area contributed by atoms with Crippen molar-refractivity contribution >= 4 is 11.8 Å². The van der Waals surface area contributed by atoms with Crippen molar-refractivity contribution in [1.29, 1.82) is 0 Å². The van der Waals surface area contributed by atoms with Gasteiger partial charge in [0.15, 0.2) is 0 Å². The molecule has 7 heteroatoms. The third kappa shape index (κ3) is 3.41. The molecule has 7 nitrogen and oxygen atoms in total. The van der Waals surface area contributed by atoms with Gasteiger partial charge < -0.3 is 14.5 Å². The van der Waals surface area contributed by atoms with E-state index in [9.17, 15) is 9.59 Å². The highest BCUT2D eigenvalue weighted by Crippen LogP contribution is 2.26. The maximum absolute atomic E-state index is 13.0. The summed E-state index contributed by atoms with van der Waals surface area (Å²) in [4.78, 5) is 29.3. The highest BCUT2D eigenvalue weighted by molar-refractivity contribution is 5.95. The molecule has 2 aliphatic heterocycles. The number of likely N-dealkylation sites (tertiary alicyclic amines) is 1. The number of aromatic nitrogens is 2. The van der Waals surface area contributed by atoms with Gasteiger partial charge >= 0.3 is 0 Å². The monoisotopic (exact) mass is 368 g/mol. The minimum atomic E-state index is -0.0675. The number of nitrogens with zero attached hydrogens (tertiary/aromatic N) is 4. The molecule has 0 N–H and O–H groups in total. The smallest absolute Gasteiger partial charge is 0.272 e. The zero-order valence-corrected chi connectivity index (χ0v) is 15.6. The van der Waals surface area contributed by atoms with Gasteiger partial charge in [-0.3, -0.25) is 14.3 Å². The number of carbonyl (C=O) groups is 2. The topological polar surface area (TPSA) is 67.7 Å². The Bertz CT molecular complexity index is 855. The van der Waals surface area contributed by atoms with E-state index in [0.29, 0.717) is 37.5 Å². The second-order valence-corrected chi connectivity index (χ2v) is 6.93. The number of hydrogen-bond donors (Lipinski definition) is 0. The molecule has 3 heterocycles. The Morgan fingerprint density at radius 2 is 1.89 bits per heavy atom. The van der Waals surface area contributed by atoms with E-state index in [2.05, 4.69) is 5.10 Å². The summed E-state index contributed by atoms with van der Waals surface area (Å²) in [5.74, 6) is 0.732. The van der Waals surface area contributed by atoms with Gasteiger partial charge in [0, 0.05) is 43.5 Å². The second kappa shape index (κ2) is 7.42. The van der Waals surface area contributed by atoms with Crippen molar-refractivity contribution in [2.75, 3.05) is 26.2 Å². The summed E-state index contributed by atoms with van der Waals surface area (Å²) >= 11 is 0. The fraction of sp³-hybridized carbons (Fsp3) is 0.450. The van der Waals surface area contributed by atoms with Crippen LogP contribution in [0.25, 0.3) is 0 Å². The quantitative estimate of drug-likeness (QED) is 0.833. The van der Waals surface area contributed by atoms with Crippen LogP contribution in [0.5, 0.6) is 5.75 Å². The fourth-order valence-electron chi connectivity index (χ4n) is 3.73. The van der Waals surface area contributed by atoms with Crippen LogP contribution in [0.3, 0.4) is 0 Å². The van der Waals surface area contributed by atoms with Gasteiger partial charge in [0.25, 0.3) is 11.8 Å². The first kappa shape index (κ1) is 17.6. The molecule has 0 atom stereocenters. The van der Waals surface area contributed by atoms with Gasteiger partial charge in [0.2, 0.25) is 0 Å². The van der Waals surface area contributed by atoms with Crippen molar-refractivity contribution in [3.8, 4) is 5.75 Å². The van der Waals surface area contributed by atoms with Crippen LogP contribution in [-0.4, -0.2) is 57.6 Å². The lowest BCUT2D eigenvalue weighted by atomic mass is 10.1. The van der Waals surface area contributed by atoms with Crippen LogP contribution in [0.1, 0.15) is 46.2 Å². The Morgan fingerprint density at radius 1 is 1.07 bits per heavy atom. The first-order valence-electron chi connectivity index (χ1n) is 9.53. The second-order valence-electron chi connectivity index (χ2n) is 6.93. The fourth-order valence-corrected chi connectivity index (χ4v) is 3.73. The van der Waals surface area contributed by atoms with E-state index in [1.807, 2.05) is 30.0 Å². The number of benzene rings is 1. The molecule has 0 bridgehead atoms. The van der Waals surface area contributed by atoms with Gasteiger partial charge in [-0.05, 0) is 44.0 Å². The first-order valence-corrected chi connectivity index (χ1v) is 9.53. The van der Waals surface area contributed by atoms with Crippen molar-refractivity contribution in [2.45, 2.75) is 32.9 Å². The molecule has 4 rings (SSSR count). The number of hydrogen-bond acceptors (Lipinski definition) is 4. The molecule has 1 saturated heterocycles. The number of rotatable bonds is 3. The van der Waals surface area contributed by atoms with Crippen LogP contribution < -0.4 is 4.74 Å². The normalized spacial score (nSPS) is 16.6. The van der Waals surface area contributed by atoms with Crippen LogP contribution in [0.4, 0.5) is 0 Å². The van der Waals surface area contributed by atoms with E-state index in [-0.39, 0.29) is 11.8 Å². The van der Waals surface area contributed by atoms with Gasteiger partial charge in [-0.15, -0.1) is 0 Å². The molecular weight excluding hydrogens is 344 g/mol. The molecule has 1 aromatic heterocycles. The van der Waals surface area contributed by atoms with Crippen LogP contribution in [0.15, 0.2) is 30.5 Å². The van der Waals surface area contributed by atoms with Crippen LogP contribution in [0.2, 0.25) is 0 Å². The molecule has 2 aromatic rings. The SMILES string of the molecule is CCn1nccc1C(=O)N1CCOc2ccc(C(=O)N3CCCC3)cc2C1. The molecular formula is C20H24N4O3. The maximum atomic E-state index is 13.0. The molecule has 2 amide bonds. The lowest BCUT2D eigenvalue weighted by Crippen LogP contribution is -2.34. The van der Waals surface area contributed by atoms with E-state index < -0.39 is 0 Å². The molecule has 142 valence electrons. The molecule has 0 spiro atoms. The summed E-state index contributed by atoms with van der Waals surface area (Å²) in [6.07, 6.45) is 3.77. The average molecular weight is 368 g/mol. The molecule has 0 saturated carbocycles. The zero-order valence-electron chi connectivity index (χ0n) is 15.6. The lowest BCUT2D eigenvalue weighted by molar-refractivity contribution is 0.0720. The number of aryl methyl sites for hydroxylation is 1. The summed E-state index contributed by atoms with van der Waals surface area (Å²) in [5, 5.41) is 4.19. The van der Waals surface area contributed by atoms with Crippen LogP contribution in [-0.2, 0) is 13.1 Å². The Hall–Kier alpha value is -2.83. The zero-order chi connectivity index (χ0) is 18.8. The first-order chi connectivity index (χ1) is 13.2. The minimum absolute atomic E-state index is 0.0569. The minimum Gasteiger partial charge on any atom is -0.491 e. The van der Waals surface area contributed by atoms with Crippen molar-refractivity contribution < 1.29 is 14.3 Å². The predicted molar refractivity (Wildman–Crippen MR) is 99.7 cm³/mol. The van der Waals surface area contributed by atoms with Gasteiger partial charge in [-0.1, -0.05) is 0 Å². The number of amides is 2. The van der Waals surface area contributed by atoms with Gasteiger partial charge in [-0.2, -0.15) is 5.10 Å². The Kier molecular flexibility index (Phi) is 4.83. The van der Waals surface area contributed by atoms with E-state index >= 15 is 0 Å². The Morgan fingerprint density at radius 3 is 2.67 bits per heavy atom. The van der Waals surface area contributed by atoms with Gasteiger partial charge in [0.1, 0.15) is 18.1 Å². The highest BCUT2D eigenvalue weighted by atomic mass is 16.5. The van der Waals surface area contributed by atoms with Crippen LogP contribution in [0, 0.1) is 0 Å². The van der Waals surface area contributed by atoms with Gasteiger partial charge in [0.05, 0.1) is 6.54 Å². The summed E-state index contributed by atoms with van der Waals surface area (Å²) in [7, 11) is 0. The van der Waals surface area contributed by atoms with Crippen molar-refractivity contribution in [3.63, 3.8) is 0 Å². The number of ether oxygens (including phenoxy) is 1. The summed E-state index contributed by atoms with van der Waals surface area (Å²) in [5.41, 5.74) is 2.10. The van der Waals surface area contributed by atoms with Crippen molar-refractivity contribution in [1.82, 2.24) is 19.6 Å². The summed E-state index contributed by atoms with van der Waals surface area (Å²) < 4.78 is 7.52. The molecule has 1 aromatic carbocycles. The van der Waals surface area contributed by atoms with Gasteiger partial charge in [-0.25, -0.2) is 0 Å². The van der Waals surface area contributed by atoms with E-state index in [4.69, 9.17) is 4.74 Å². The summed E-state index contributed by atoms with van der Waals surface area (Å²) in [6.45, 7) is 5.58. The van der Waals surface area contributed by atoms with E-state index in [1.54, 1.807) is 21.8 Å². The van der Waals surface area contributed by atoms with Crippen molar-refractivity contribution in [2.24, 2.45) is 0 Å². The molecule has 0 radical (unpaired) electrons. The molecule has 27 heavy (non-hydrogen) atoms. The Labute approximate surface area is 158 Å². The summed E-state index contributed by atoms with van der Waals surface area (Å²) in [6, 6.07) is 7.29. The molecule has 0 aliphatic carbocycles. The predicted octanol–water partition coefficient (Wildman–Crippen LogP) is 2.17. The average Bonchev–Trinajstić information content (AvgIpc) is 3.34. The van der Waals surface area contributed by atoms with Crippen molar-refractivity contribution in [3.05, 3.63) is 47.3 Å². The Balaban J connectivity index is 1.58.